The van der Waals surface area contributed by atoms with E-state index in [-0.39, 0.29) is 5.91 Å². The quantitative estimate of drug-likeness (QED) is 0.651. The molecule has 122 valence electrons. The van der Waals surface area contributed by atoms with Crippen LogP contribution in [-0.2, 0) is 17.6 Å². The lowest BCUT2D eigenvalue weighted by Crippen LogP contribution is -2.35. The van der Waals surface area contributed by atoms with E-state index >= 15 is 0 Å². The second-order valence-electron chi connectivity index (χ2n) is 6.48. The van der Waals surface area contributed by atoms with E-state index in [9.17, 15) is 9.59 Å². The number of hydrogen-bond acceptors (Lipinski definition) is 4. The monoisotopic (exact) mass is 323 g/mol. The summed E-state index contributed by atoms with van der Waals surface area (Å²) in [5.41, 5.74) is 4.57. The summed E-state index contributed by atoms with van der Waals surface area (Å²) >= 11 is 0. The fourth-order valence-corrected chi connectivity index (χ4v) is 3.87. The van der Waals surface area contributed by atoms with Crippen molar-refractivity contribution in [1.29, 1.82) is 0 Å². The van der Waals surface area contributed by atoms with Crippen LogP contribution in [0, 0.1) is 5.41 Å². The average molecular weight is 323 g/mol. The van der Waals surface area contributed by atoms with Crippen molar-refractivity contribution in [2.45, 2.75) is 19.3 Å². The Morgan fingerprint density at radius 2 is 2.08 bits per heavy atom. The number of benzene rings is 1. The second kappa shape index (κ2) is 5.42. The van der Waals surface area contributed by atoms with Gasteiger partial charge in [0, 0.05) is 18.3 Å². The molecular formula is C18H17N3O3. The summed E-state index contributed by atoms with van der Waals surface area (Å²) in [6, 6.07) is 9.07. The van der Waals surface area contributed by atoms with Gasteiger partial charge in [-0.15, -0.1) is 0 Å². The number of hydrogen-bond donors (Lipinski definition) is 2. The molecule has 0 radical (unpaired) electrons. The fourth-order valence-electron chi connectivity index (χ4n) is 3.87. The first-order valence-electron chi connectivity index (χ1n) is 7.91. The predicted octanol–water partition coefficient (Wildman–Crippen LogP) is 1.72. The lowest BCUT2D eigenvalue weighted by atomic mass is 9.83. The fraction of sp³-hybridized carbons (Fsp3) is 0.278. The van der Waals surface area contributed by atoms with E-state index in [1.165, 1.54) is 0 Å². The van der Waals surface area contributed by atoms with Gasteiger partial charge in [0.05, 0.1) is 17.3 Å². The van der Waals surface area contributed by atoms with Gasteiger partial charge in [-0.3, -0.25) is 19.8 Å². The van der Waals surface area contributed by atoms with Crippen molar-refractivity contribution in [2.75, 3.05) is 11.4 Å². The molecular weight excluding hydrogens is 306 g/mol. The van der Waals surface area contributed by atoms with Crippen LogP contribution < -0.4 is 10.4 Å². The predicted molar refractivity (Wildman–Crippen MR) is 86.7 cm³/mol. The Kier molecular flexibility index (Phi) is 3.35. The van der Waals surface area contributed by atoms with Crippen molar-refractivity contribution in [1.82, 2.24) is 10.5 Å². The number of hydroxylamine groups is 1. The minimum atomic E-state index is -0.534. The van der Waals surface area contributed by atoms with E-state index in [1.54, 1.807) is 34.9 Å². The Bertz CT molecular complexity index is 822. The number of nitrogens with one attached hydrogen (secondary N) is 1. The number of carbonyl (C=O) groups is 2. The highest BCUT2D eigenvalue weighted by Gasteiger charge is 2.50. The molecule has 1 saturated heterocycles. The molecule has 1 fully saturated rings. The van der Waals surface area contributed by atoms with Gasteiger partial charge in [0.25, 0.3) is 5.91 Å². The molecule has 1 aliphatic carbocycles. The van der Waals surface area contributed by atoms with Gasteiger partial charge in [0.2, 0.25) is 5.91 Å². The van der Waals surface area contributed by atoms with Gasteiger partial charge in [-0.05, 0) is 54.7 Å². The summed E-state index contributed by atoms with van der Waals surface area (Å²) in [5.74, 6) is -0.409. The van der Waals surface area contributed by atoms with E-state index in [2.05, 4.69) is 4.98 Å². The molecule has 1 aromatic heterocycles. The third-order valence-corrected chi connectivity index (χ3v) is 5.10. The maximum Gasteiger partial charge on any atom is 0.274 e. The van der Waals surface area contributed by atoms with Gasteiger partial charge in [0.15, 0.2) is 0 Å². The number of anilines is 1. The van der Waals surface area contributed by atoms with Gasteiger partial charge in [-0.25, -0.2) is 5.48 Å². The van der Waals surface area contributed by atoms with Gasteiger partial charge >= 0.3 is 0 Å². The summed E-state index contributed by atoms with van der Waals surface area (Å²) in [6.07, 6.45) is 5.52. The zero-order valence-electron chi connectivity index (χ0n) is 13.0. The number of rotatable bonds is 2. The lowest BCUT2D eigenvalue weighted by Gasteiger charge is -2.22. The van der Waals surface area contributed by atoms with Crippen LogP contribution in [0.4, 0.5) is 5.69 Å². The number of nitrogens with zero attached hydrogens (tertiary/aromatic N) is 2. The molecule has 2 amide bonds. The van der Waals surface area contributed by atoms with E-state index in [0.717, 1.165) is 23.2 Å². The highest BCUT2D eigenvalue weighted by molar-refractivity contribution is 6.01. The van der Waals surface area contributed by atoms with Crippen LogP contribution in [0.3, 0.4) is 0 Å². The Labute approximate surface area is 139 Å². The summed E-state index contributed by atoms with van der Waals surface area (Å²) in [4.78, 5) is 30.5. The molecule has 4 rings (SSSR count). The van der Waals surface area contributed by atoms with Crippen LogP contribution in [-0.4, -0.2) is 28.6 Å². The molecule has 2 aromatic rings. The molecule has 6 heteroatoms. The van der Waals surface area contributed by atoms with Crippen molar-refractivity contribution >= 4 is 17.5 Å². The molecule has 6 nitrogen and oxygen atoms in total. The first-order valence-corrected chi connectivity index (χ1v) is 7.91. The minimum absolute atomic E-state index is 0.125. The topological polar surface area (TPSA) is 82.5 Å². The maximum atomic E-state index is 13.1. The van der Waals surface area contributed by atoms with Crippen LogP contribution in [0.25, 0.3) is 0 Å². The number of fused-ring (bicyclic) bond motifs is 1. The molecule has 1 spiro atoms. The normalized spacial score (nSPS) is 22.0. The third kappa shape index (κ3) is 2.18. The molecule has 1 aliphatic heterocycles. The zero-order chi connectivity index (χ0) is 16.7. The number of pyridine rings is 1. The molecule has 24 heavy (non-hydrogen) atoms. The van der Waals surface area contributed by atoms with E-state index in [0.29, 0.717) is 24.9 Å². The van der Waals surface area contributed by atoms with E-state index in [4.69, 9.17) is 5.21 Å². The SMILES string of the molecule is O=C(NO)c1ccc2c(c1)CC1(CCN(c3cccnc3)C1=O)C2. The van der Waals surface area contributed by atoms with Crippen LogP contribution >= 0.6 is 0 Å². The van der Waals surface area contributed by atoms with Crippen LogP contribution in [0.5, 0.6) is 0 Å². The first kappa shape index (κ1) is 14.8. The van der Waals surface area contributed by atoms with Gasteiger partial charge in [0.1, 0.15) is 0 Å². The van der Waals surface area contributed by atoms with Crippen LogP contribution in [0.1, 0.15) is 27.9 Å². The number of amides is 2. The van der Waals surface area contributed by atoms with Crippen molar-refractivity contribution in [2.24, 2.45) is 5.41 Å². The van der Waals surface area contributed by atoms with Crippen molar-refractivity contribution < 1.29 is 14.8 Å². The van der Waals surface area contributed by atoms with Gasteiger partial charge < -0.3 is 4.90 Å². The van der Waals surface area contributed by atoms with E-state index < -0.39 is 11.3 Å². The van der Waals surface area contributed by atoms with Crippen LogP contribution in [0.15, 0.2) is 42.7 Å². The lowest BCUT2D eigenvalue weighted by molar-refractivity contribution is -0.125. The standard InChI is InChI=1S/C18H17N3O3/c22-16(20-24)12-3-4-13-9-18(10-14(13)8-12)5-7-21(17(18)23)15-2-1-6-19-11-15/h1-4,6,8,11,24H,5,7,9-10H2,(H,20,22). The molecule has 0 bridgehead atoms. The van der Waals surface area contributed by atoms with E-state index in [1.807, 2.05) is 18.2 Å². The van der Waals surface area contributed by atoms with Crippen molar-refractivity contribution in [3.8, 4) is 0 Å². The maximum absolute atomic E-state index is 13.1. The highest BCUT2D eigenvalue weighted by Crippen LogP contribution is 2.46. The molecule has 2 N–H and O–H groups in total. The number of aromatic nitrogens is 1. The zero-order valence-corrected chi connectivity index (χ0v) is 13.0. The molecule has 2 aliphatic rings. The Morgan fingerprint density at radius 1 is 1.25 bits per heavy atom. The molecule has 2 heterocycles. The molecule has 0 saturated carbocycles. The second-order valence-corrected chi connectivity index (χ2v) is 6.48. The van der Waals surface area contributed by atoms with Gasteiger partial charge in [-0.2, -0.15) is 0 Å². The number of carbonyl (C=O) groups excluding carboxylic acids is 2. The summed E-state index contributed by atoms with van der Waals surface area (Å²) in [5, 5.41) is 8.78. The highest BCUT2D eigenvalue weighted by atomic mass is 16.5. The molecule has 1 atom stereocenters. The Hall–Kier alpha value is -2.73. The average Bonchev–Trinajstić information content (AvgIpc) is 3.15. The Morgan fingerprint density at radius 3 is 2.83 bits per heavy atom. The largest absolute Gasteiger partial charge is 0.310 e. The van der Waals surface area contributed by atoms with Crippen molar-refractivity contribution in [3.05, 3.63) is 59.4 Å². The Balaban J connectivity index is 1.62. The summed E-state index contributed by atoms with van der Waals surface area (Å²) < 4.78 is 0. The summed E-state index contributed by atoms with van der Waals surface area (Å²) in [7, 11) is 0. The first-order chi connectivity index (χ1) is 11.6. The van der Waals surface area contributed by atoms with Crippen LogP contribution in [0.2, 0.25) is 0 Å². The van der Waals surface area contributed by atoms with Crippen molar-refractivity contribution in [3.63, 3.8) is 0 Å². The molecule has 1 aromatic carbocycles. The minimum Gasteiger partial charge on any atom is -0.310 e. The molecule has 1 unspecified atom stereocenters. The third-order valence-electron chi connectivity index (χ3n) is 5.10. The summed E-state index contributed by atoms with van der Waals surface area (Å²) in [6.45, 7) is 0.683. The smallest absolute Gasteiger partial charge is 0.274 e. The van der Waals surface area contributed by atoms with Gasteiger partial charge in [-0.1, -0.05) is 6.07 Å².